The predicted molar refractivity (Wildman–Crippen MR) is 8.52 cm³/mol. The monoisotopic (exact) mass is 120 g/mol. The summed E-state index contributed by atoms with van der Waals surface area (Å²) in [6.45, 7) is 0. The third-order valence-electron chi connectivity index (χ3n) is 0.0321. The normalized spacial score (nSPS) is 7.00. The van der Waals surface area contributed by atoms with Gasteiger partial charge in [-0.1, -0.05) is 0 Å². The average molecular weight is 120 g/mol. The quantitative estimate of drug-likeness (QED) is 0.421. The molecule has 0 saturated heterocycles. The molecule has 4 heteroatoms. The molecule has 0 aliphatic rings. The summed E-state index contributed by atoms with van der Waals surface area (Å²) >= 11 is -0.201. The van der Waals surface area contributed by atoms with Crippen LogP contribution in [0.15, 0.2) is 0 Å². The minimum atomic E-state index is -1.05. The second-order valence-corrected chi connectivity index (χ2v) is 1.94. The first-order chi connectivity index (χ1) is 1.91. The summed E-state index contributed by atoms with van der Waals surface area (Å²) in [5.41, 5.74) is 0. The van der Waals surface area contributed by atoms with Gasteiger partial charge in [0.1, 0.15) is 0 Å². The Morgan fingerprint density at radius 1 is 1.75 bits per heavy atom. The maximum absolute atomic E-state index is 9.06. The fourth-order valence-electron chi connectivity index (χ4n) is 0. The molecule has 0 bridgehead atoms. The molecule has 0 fully saturated rings. The molecule has 0 aromatic rings. The Bertz CT molecular complexity index is 27.0. The van der Waals surface area contributed by atoms with E-state index in [9.17, 15) is 0 Å². The van der Waals surface area contributed by atoms with E-state index in [1.807, 2.05) is 0 Å². The van der Waals surface area contributed by atoms with E-state index in [0.717, 1.165) is 0 Å². The van der Waals surface area contributed by atoms with Crippen LogP contribution in [0.25, 0.3) is 0 Å². The fourth-order valence-corrected chi connectivity index (χ4v) is 0. The Balaban J connectivity index is 2.73. The van der Waals surface area contributed by atoms with Crippen molar-refractivity contribution in [3.05, 3.63) is 0 Å². The first-order valence-electron chi connectivity index (χ1n) is 0.564. The molecular formula is HCoO2Si. The number of hydrogen-bond donors (Lipinski definition) is 0. The van der Waals surface area contributed by atoms with Gasteiger partial charge in [0.25, 0.3) is 0 Å². The summed E-state index contributed by atoms with van der Waals surface area (Å²) in [7, 11) is -1.05. The van der Waals surface area contributed by atoms with Crippen LogP contribution in [0.5, 0.6) is 0 Å². The van der Waals surface area contributed by atoms with Crippen molar-refractivity contribution in [2.75, 3.05) is 0 Å². The Hall–Kier alpha value is 0.323. The van der Waals surface area contributed by atoms with E-state index in [-0.39, 0.29) is 14.0 Å². The second kappa shape index (κ2) is 3.32. The van der Waals surface area contributed by atoms with Gasteiger partial charge in [-0.2, -0.15) is 0 Å². The molecule has 0 radical (unpaired) electrons. The fraction of sp³-hybridized carbons (Fsp3) is 0. The van der Waals surface area contributed by atoms with Crippen molar-refractivity contribution < 1.29 is 22.3 Å². The van der Waals surface area contributed by atoms with Crippen molar-refractivity contribution >= 4 is 8.06 Å². The number of hydrogen-bond acceptors (Lipinski definition) is 2. The molecule has 0 aliphatic heterocycles. The molecule has 0 rings (SSSR count). The van der Waals surface area contributed by atoms with Gasteiger partial charge >= 0.3 is 30.4 Å². The van der Waals surface area contributed by atoms with Crippen molar-refractivity contribution in [1.82, 2.24) is 0 Å². The zero-order valence-electron chi connectivity index (χ0n) is 1.73. The predicted octanol–water partition coefficient (Wildman–Crippen LogP) is -0.889. The first kappa shape index (κ1) is 4.32. The van der Waals surface area contributed by atoms with Crippen LogP contribution in [0, 0.1) is 0 Å². The summed E-state index contributed by atoms with van der Waals surface area (Å²) in [5, 5.41) is 0. The van der Waals surface area contributed by atoms with E-state index in [2.05, 4.69) is 0 Å². The topological polar surface area (TPSA) is 34.1 Å². The van der Waals surface area contributed by atoms with Crippen LogP contribution in [0.2, 0.25) is 0 Å². The molecular weight excluding hydrogens is 119 g/mol. The molecule has 0 unspecified atom stereocenters. The summed E-state index contributed by atoms with van der Waals surface area (Å²) in [6.07, 6.45) is 0. The van der Waals surface area contributed by atoms with Gasteiger partial charge in [-0.3, -0.25) is 0 Å². The van der Waals surface area contributed by atoms with E-state index in [1.54, 1.807) is 0 Å². The van der Waals surface area contributed by atoms with E-state index in [4.69, 9.17) is 8.33 Å². The molecule has 0 aliphatic carbocycles. The molecule has 4 heavy (non-hydrogen) atoms. The van der Waals surface area contributed by atoms with Crippen LogP contribution in [-0.4, -0.2) is 8.06 Å². The summed E-state index contributed by atoms with van der Waals surface area (Å²) in [4.78, 5) is 0. The van der Waals surface area contributed by atoms with Crippen LogP contribution in [0.4, 0.5) is 0 Å². The summed E-state index contributed by atoms with van der Waals surface area (Å²) < 4.78 is 18.0. The van der Waals surface area contributed by atoms with Crippen LogP contribution in [-0.2, 0) is 22.3 Å². The molecule has 26 valence electrons. The van der Waals surface area contributed by atoms with E-state index < -0.39 is 8.06 Å². The molecule has 0 amide bonds. The molecule has 0 aromatic heterocycles. The summed E-state index contributed by atoms with van der Waals surface area (Å²) in [6, 6.07) is 0. The number of rotatable bonds is 1. The van der Waals surface area contributed by atoms with Gasteiger partial charge in [-0.05, 0) is 0 Å². The van der Waals surface area contributed by atoms with Crippen LogP contribution < -0.4 is 0 Å². The minimum absolute atomic E-state index is 0.201. The van der Waals surface area contributed by atoms with Crippen LogP contribution >= 0.6 is 0 Å². The Morgan fingerprint density at radius 3 is 2.00 bits per heavy atom. The van der Waals surface area contributed by atoms with Crippen molar-refractivity contribution in [3.63, 3.8) is 0 Å². The zero-order chi connectivity index (χ0) is 3.41. The maximum atomic E-state index is 9.06. The standard InChI is InChI=1S/Co.HOSi.O/c;1-2;/h;2H;. The van der Waals surface area contributed by atoms with Gasteiger partial charge in [-0.25, -0.2) is 0 Å². The third kappa shape index (κ3) is 2.32. The zero-order valence-corrected chi connectivity index (χ0v) is 3.92. The molecule has 0 saturated carbocycles. The molecule has 0 heterocycles. The van der Waals surface area contributed by atoms with E-state index in [1.165, 1.54) is 0 Å². The van der Waals surface area contributed by atoms with Gasteiger partial charge in [0.05, 0.1) is 0 Å². The van der Waals surface area contributed by atoms with Crippen molar-refractivity contribution in [1.29, 1.82) is 0 Å². The Labute approximate surface area is 31.1 Å². The van der Waals surface area contributed by atoms with Crippen molar-refractivity contribution in [3.8, 4) is 0 Å². The van der Waals surface area contributed by atoms with Gasteiger partial charge in [0.15, 0.2) is 0 Å². The first-order valence-corrected chi connectivity index (χ1v) is 3.65. The van der Waals surface area contributed by atoms with Gasteiger partial charge < -0.3 is 0 Å². The van der Waals surface area contributed by atoms with E-state index in [0.29, 0.717) is 0 Å². The molecule has 0 aromatic carbocycles. The molecule has 0 N–H and O–H groups in total. The Morgan fingerprint density at radius 2 is 2.00 bits per heavy atom. The van der Waals surface area contributed by atoms with E-state index >= 15 is 0 Å². The second-order valence-electron chi connectivity index (χ2n) is 0.157. The van der Waals surface area contributed by atoms with Crippen molar-refractivity contribution in [2.45, 2.75) is 0 Å². The van der Waals surface area contributed by atoms with Crippen LogP contribution in [0.3, 0.4) is 0 Å². The Kier molecular flexibility index (Phi) is 3.59. The van der Waals surface area contributed by atoms with Crippen LogP contribution in [0.1, 0.15) is 0 Å². The molecule has 0 spiro atoms. The van der Waals surface area contributed by atoms with Gasteiger partial charge in [0, 0.05) is 0 Å². The van der Waals surface area contributed by atoms with Gasteiger partial charge in [-0.15, -0.1) is 0 Å². The third-order valence-corrected chi connectivity index (χ3v) is 0.397. The van der Waals surface area contributed by atoms with Crippen molar-refractivity contribution in [2.24, 2.45) is 0 Å². The SMILES string of the molecule is O=[SiH][Co]=[O]. The van der Waals surface area contributed by atoms with Gasteiger partial charge in [0.2, 0.25) is 0 Å². The molecule has 0 atom stereocenters. The molecule has 2 nitrogen and oxygen atoms in total. The summed E-state index contributed by atoms with van der Waals surface area (Å²) in [5.74, 6) is 0. The average Bonchev–Trinajstić information content (AvgIpc) is 1.37.